The Hall–Kier alpha value is -2.98. The molecule has 206 valence electrons. The molecule has 1 aromatic heterocycles. The summed E-state index contributed by atoms with van der Waals surface area (Å²) in [6, 6.07) is -0.991. The van der Waals surface area contributed by atoms with Crippen molar-refractivity contribution in [1.29, 1.82) is 0 Å². The third-order valence-corrected chi connectivity index (χ3v) is 7.50. The van der Waals surface area contributed by atoms with Crippen molar-refractivity contribution < 1.29 is 19.2 Å². The van der Waals surface area contributed by atoms with Crippen LogP contribution in [-0.2, 0) is 25.7 Å². The summed E-state index contributed by atoms with van der Waals surface area (Å²) in [6.45, 7) is 11.8. The lowest BCUT2D eigenvalue weighted by Gasteiger charge is -2.34. The molecule has 0 radical (unpaired) electrons. The van der Waals surface area contributed by atoms with E-state index in [2.05, 4.69) is 29.2 Å². The summed E-state index contributed by atoms with van der Waals surface area (Å²) in [5.41, 5.74) is 0. The number of hydrogen-bond donors (Lipinski definition) is 1. The predicted molar refractivity (Wildman–Crippen MR) is 138 cm³/mol. The van der Waals surface area contributed by atoms with Gasteiger partial charge in [-0.1, -0.05) is 13.8 Å². The van der Waals surface area contributed by atoms with Crippen molar-refractivity contribution in [3.63, 3.8) is 0 Å². The smallest absolute Gasteiger partial charge is 0.243 e. The number of carbonyl (C=O) groups excluding carboxylic acids is 4. The second-order valence-electron chi connectivity index (χ2n) is 10.8. The van der Waals surface area contributed by atoms with Crippen LogP contribution < -0.4 is 5.32 Å². The Kier molecular flexibility index (Phi) is 9.67. The summed E-state index contributed by atoms with van der Waals surface area (Å²) in [5, 5.41) is 7.70. The lowest BCUT2D eigenvalue weighted by atomic mass is 9.95. The lowest BCUT2D eigenvalue weighted by molar-refractivity contribution is -0.141. The molecular formula is C26H43N7O4. The molecule has 2 atom stereocenters. The number of likely N-dealkylation sites (N-methyl/N-ethyl adjacent to an activating group) is 1. The van der Waals surface area contributed by atoms with Gasteiger partial charge in [-0.2, -0.15) is 5.10 Å². The zero-order valence-corrected chi connectivity index (χ0v) is 23.2. The Labute approximate surface area is 219 Å². The molecule has 0 bridgehead atoms. The third-order valence-electron chi connectivity index (χ3n) is 7.50. The first-order valence-corrected chi connectivity index (χ1v) is 13.5. The molecule has 1 fully saturated rings. The Balaban J connectivity index is 1.86. The SMILES string of the molecule is CC(=O)N1CCC(C(=O)N2CCCC(=O)N(C)[C@@H](C)C(=O)N[C@H](CC(C)C)c3nc(C)nn3CC2)CC1. The standard InChI is InChI=1S/C26H43N7O4/c1-17(2)16-22-24-27-19(4)29-33(24)15-14-32(26(37)21-9-12-31(13-10-21)20(5)34)11-7-8-23(35)30(6)18(3)25(36)28-22/h17-18,21-22H,7-16H2,1-6H3,(H,28,36)/t18-,22+/m0/s1. The summed E-state index contributed by atoms with van der Waals surface area (Å²) in [4.78, 5) is 61.0. The molecule has 0 aromatic carbocycles. The molecular weight excluding hydrogens is 474 g/mol. The number of hydrogen-bond acceptors (Lipinski definition) is 6. The highest BCUT2D eigenvalue weighted by atomic mass is 16.2. The Morgan fingerprint density at radius 1 is 1.05 bits per heavy atom. The number of aromatic nitrogens is 3. The number of nitrogens with one attached hydrogen (secondary N) is 1. The highest BCUT2D eigenvalue weighted by Gasteiger charge is 2.32. The molecule has 37 heavy (non-hydrogen) atoms. The summed E-state index contributed by atoms with van der Waals surface area (Å²) in [5.74, 6) is 1.19. The van der Waals surface area contributed by atoms with Crippen LogP contribution in [0, 0.1) is 18.8 Å². The fourth-order valence-corrected chi connectivity index (χ4v) is 5.12. The Morgan fingerprint density at radius 3 is 2.35 bits per heavy atom. The maximum Gasteiger partial charge on any atom is 0.243 e. The number of likely N-dealkylation sites (tertiary alicyclic amines) is 1. The molecule has 0 unspecified atom stereocenters. The van der Waals surface area contributed by atoms with Gasteiger partial charge in [0.2, 0.25) is 23.6 Å². The molecule has 2 aliphatic heterocycles. The fourth-order valence-electron chi connectivity index (χ4n) is 5.12. The van der Waals surface area contributed by atoms with Crippen LogP contribution in [-0.4, -0.2) is 92.4 Å². The number of piperidine rings is 1. The van der Waals surface area contributed by atoms with E-state index in [0.29, 0.717) is 76.0 Å². The summed E-state index contributed by atoms with van der Waals surface area (Å²) in [6.07, 6.45) is 2.72. The van der Waals surface area contributed by atoms with Crippen LogP contribution in [0.5, 0.6) is 0 Å². The van der Waals surface area contributed by atoms with Gasteiger partial charge in [-0.25, -0.2) is 9.67 Å². The zero-order valence-electron chi connectivity index (χ0n) is 23.2. The van der Waals surface area contributed by atoms with Gasteiger partial charge in [0, 0.05) is 52.5 Å². The van der Waals surface area contributed by atoms with E-state index in [9.17, 15) is 19.2 Å². The van der Waals surface area contributed by atoms with E-state index in [1.165, 1.54) is 4.90 Å². The average Bonchev–Trinajstić information content (AvgIpc) is 3.23. The average molecular weight is 518 g/mol. The minimum Gasteiger partial charge on any atom is -0.344 e. The normalized spacial score (nSPS) is 23.1. The van der Waals surface area contributed by atoms with Crippen LogP contribution in [0.1, 0.15) is 77.5 Å². The van der Waals surface area contributed by atoms with Gasteiger partial charge in [0.25, 0.3) is 0 Å². The van der Waals surface area contributed by atoms with E-state index in [0.717, 1.165) is 0 Å². The predicted octanol–water partition coefficient (Wildman–Crippen LogP) is 1.52. The van der Waals surface area contributed by atoms with Gasteiger partial charge in [0.05, 0.1) is 12.6 Å². The van der Waals surface area contributed by atoms with E-state index in [-0.39, 0.29) is 42.0 Å². The van der Waals surface area contributed by atoms with E-state index < -0.39 is 6.04 Å². The first-order valence-electron chi connectivity index (χ1n) is 13.5. The Morgan fingerprint density at radius 2 is 1.73 bits per heavy atom. The van der Waals surface area contributed by atoms with Crippen LogP contribution >= 0.6 is 0 Å². The maximum atomic E-state index is 13.6. The molecule has 0 aliphatic carbocycles. The van der Waals surface area contributed by atoms with E-state index in [1.807, 2.05) is 16.5 Å². The molecule has 1 aromatic rings. The number of fused-ring (bicyclic) bond motifs is 1. The largest absolute Gasteiger partial charge is 0.344 e. The Bertz CT molecular complexity index is 984. The van der Waals surface area contributed by atoms with Crippen molar-refractivity contribution in [3.8, 4) is 0 Å². The molecule has 3 rings (SSSR count). The second kappa shape index (κ2) is 12.5. The van der Waals surface area contributed by atoms with Gasteiger partial charge < -0.3 is 20.0 Å². The monoisotopic (exact) mass is 517 g/mol. The quantitative estimate of drug-likeness (QED) is 0.649. The highest BCUT2D eigenvalue weighted by molar-refractivity contribution is 5.87. The van der Waals surface area contributed by atoms with Crippen LogP contribution in [0.3, 0.4) is 0 Å². The zero-order chi connectivity index (χ0) is 27.3. The van der Waals surface area contributed by atoms with Crippen molar-refractivity contribution in [1.82, 2.24) is 34.8 Å². The van der Waals surface area contributed by atoms with Crippen molar-refractivity contribution in [2.24, 2.45) is 11.8 Å². The molecule has 11 nitrogen and oxygen atoms in total. The number of nitrogens with zero attached hydrogens (tertiary/aromatic N) is 6. The molecule has 2 aliphatic rings. The van der Waals surface area contributed by atoms with Crippen molar-refractivity contribution in [2.75, 3.05) is 33.2 Å². The van der Waals surface area contributed by atoms with Crippen molar-refractivity contribution in [2.45, 2.75) is 85.4 Å². The maximum absolute atomic E-state index is 13.6. The lowest BCUT2D eigenvalue weighted by Crippen LogP contribution is -2.48. The van der Waals surface area contributed by atoms with Gasteiger partial charge >= 0.3 is 0 Å². The van der Waals surface area contributed by atoms with E-state index >= 15 is 0 Å². The third kappa shape index (κ3) is 7.29. The van der Waals surface area contributed by atoms with Crippen LogP contribution in [0.15, 0.2) is 0 Å². The molecule has 1 N–H and O–H groups in total. The molecule has 4 amide bonds. The molecule has 0 saturated carbocycles. The van der Waals surface area contributed by atoms with Crippen LogP contribution in [0.4, 0.5) is 0 Å². The fraction of sp³-hybridized carbons (Fsp3) is 0.769. The summed E-state index contributed by atoms with van der Waals surface area (Å²) >= 11 is 0. The topological polar surface area (TPSA) is 121 Å². The van der Waals surface area contributed by atoms with Gasteiger partial charge in [0.1, 0.15) is 17.7 Å². The number of carbonyl (C=O) groups is 4. The van der Waals surface area contributed by atoms with Gasteiger partial charge in [-0.05, 0) is 45.4 Å². The van der Waals surface area contributed by atoms with Gasteiger partial charge in [0.15, 0.2) is 0 Å². The van der Waals surface area contributed by atoms with Crippen LogP contribution in [0.2, 0.25) is 0 Å². The number of rotatable bonds is 3. The van der Waals surface area contributed by atoms with Gasteiger partial charge in [-0.15, -0.1) is 0 Å². The first-order chi connectivity index (χ1) is 17.5. The summed E-state index contributed by atoms with van der Waals surface area (Å²) < 4.78 is 1.81. The minimum absolute atomic E-state index is 0.0400. The van der Waals surface area contributed by atoms with E-state index in [4.69, 9.17) is 0 Å². The van der Waals surface area contributed by atoms with E-state index in [1.54, 1.807) is 25.8 Å². The van der Waals surface area contributed by atoms with Crippen LogP contribution in [0.25, 0.3) is 0 Å². The highest BCUT2D eigenvalue weighted by Crippen LogP contribution is 2.23. The molecule has 0 spiro atoms. The second-order valence-corrected chi connectivity index (χ2v) is 10.8. The molecule has 3 heterocycles. The molecule has 11 heteroatoms. The van der Waals surface area contributed by atoms with Crippen molar-refractivity contribution in [3.05, 3.63) is 11.6 Å². The minimum atomic E-state index is -0.633. The first kappa shape index (κ1) is 28.6. The number of aryl methyl sites for hydroxylation is 1. The summed E-state index contributed by atoms with van der Waals surface area (Å²) in [7, 11) is 1.65. The number of amides is 4. The van der Waals surface area contributed by atoms with Gasteiger partial charge in [-0.3, -0.25) is 19.2 Å². The molecule has 1 saturated heterocycles. The van der Waals surface area contributed by atoms with Crippen molar-refractivity contribution >= 4 is 23.6 Å².